The summed E-state index contributed by atoms with van der Waals surface area (Å²) in [5.74, 6) is -0.719. The van der Waals surface area contributed by atoms with Gasteiger partial charge in [-0.1, -0.05) is 36.4 Å². The van der Waals surface area contributed by atoms with Crippen LogP contribution in [0.3, 0.4) is 0 Å². The number of hydrazone groups is 1. The van der Waals surface area contributed by atoms with Crippen molar-refractivity contribution >= 4 is 45.6 Å². The number of carbonyl (C=O) groups excluding carboxylic acids is 3. The molecule has 0 saturated carbocycles. The zero-order valence-electron chi connectivity index (χ0n) is 16.6. The highest BCUT2D eigenvalue weighted by atomic mass is 16.2. The quantitative estimate of drug-likeness (QED) is 0.509. The first kappa shape index (κ1) is 19.3. The summed E-state index contributed by atoms with van der Waals surface area (Å²) in [5.41, 5.74) is 5.96. The van der Waals surface area contributed by atoms with Gasteiger partial charge in [0.1, 0.15) is 6.54 Å². The molecule has 7 nitrogen and oxygen atoms in total. The Balaban J connectivity index is 1.45. The van der Waals surface area contributed by atoms with Crippen LogP contribution in [0.4, 0.5) is 11.4 Å². The van der Waals surface area contributed by atoms with Crippen molar-refractivity contribution in [3.05, 3.63) is 71.8 Å². The van der Waals surface area contributed by atoms with Crippen LogP contribution in [0.5, 0.6) is 0 Å². The average molecular weight is 400 g/mol. The molecule has 1 aliphatic rings. The summed E-state index contributed by atoms with van der Waals surface area (Å²) in [6.45, 7) is 3.09. The van der Waals surface area contributed by atoms with Gasteiger partial charge >= 0.3 is 0 Å². The van der Waals surface area contributed by atoms with E-state index in [9.17, 15) is 14.4 Å². The van der Waals surface area contributed by atoms with Gasteiger partial charge in [0.05, 0.1) is 11.4 Å². The molecule has 0 atom stereocenters. The highest BCUT2D eigenvalue weighted by Crippen LogP contribution is 2.36. The average Bonchev–Trinajstić information content (AvgIpc) is 3.00. The number of anilines is 2. The van der Waals surface area contributed by atoms with Gasteiger partial charge in [0, 0.05) is 23.6 Å². The fraction of sp³-hybridized carbons (Fsp3) is 0.130. The third-order valence-electron chi connectivity index (χ3n) is 4.92. The lowest BCUT2D eigenvalue weighted by Crippen LogP contribution is -2.37. The molecule has 0 fully saturated rings. The van der Waals surface area contributed by atoms with Crippen molar-refractivity contribution in [3.8, 4) is 0 Å². The van der Waals surface area contributed by atoms with Crippen molar-refractivity contribution in [1.82, 2.24) is 5.43 Å². The number of amides is 3. The van der Waals surface area contributed by atoms with E-state index < -0.39 is 0 Å². The van der Waals surface area contributed by atoms with Crippen LogP contribution in [0.15, 0.2) is 65.8 Å². The van der Waals surface area contributed by atoms with Gasteiger partial charge < -0.3 is 5.32 Å². The third kappa shape index (κ3) is 3.65. The Morgan fingerprint density at radius 2 is 1.67 bits per heavy atom. The third-order valence-corrected chi connectivity index (χ3v) is 4.92. The van der Waals surface area contributed by atoms with Crippen LogP contribution in [-0.4, -0.2) is 30.0 Å². The molecule has 0 aliphatic carbocycles. The fourth-order valence-electron chi connectivity index (χ4n) is 3.52. The molecule has 2 N–H and O–H groups in total. The second-order valence-corrected chi connectivity index (χ2v) is 7.06. The van der Waals surface area contributed by atoms with Crippen LogP contribution in [-0.2, 0) is 9.59 Å². The van der Waals surface area contributed by atoms with E-state index in [-0.39, 0.29) is 24.3 Å². The van der Waals surface area contributed by atoms with Crippen molar-refractivity contribution in [3.63, 3.8) is 0 Å². The predicted octanol–water partition coefficient (Wildman–Crippen LogP) is 3.30. The summed E-state index contributed by atoms with van der Waals surface area (Å²) in [7, 11) is 0. The summed E-state index contributed by atoms with van der Waals surface area (Å²) in [6.07, 6.45) is 0. The van der Waals surface area contributed by atoms with Gasteiger partial charge in [-0.3, -0.25) is 19.3 Å². The molecule has 30 heavy (non-hydrogen) atoms. The molecule has 0 radical (unpaired) electrons. The Morgan fingerprint density at radius 3 is 2.37 bits per heavy atom. The molecule has 4 rings (SSSR count). The smallest absolute Gasteiger partial charge is 0.260 e. The van der Waals surface area contributed by atoms with Gasteiger partial charge in [-0.2, -0.15) is 5.10 Å². The van der Waals surface area contributed by atoms with E-state index in [1.807, 2.05) is 30.3 Å². The Hall–Kier alpha value is -4.00. The largest absolute Gasteiger partial charge is 0.326 e. The van der Waals surface area contributed by atoms with E-state index in [0.717, 1.165) is 22.0 Å². The number of rotatable bonds is 5. The first-order valence-electron chi connectivity index (χ1n) is 9.49. The molecule has 0 unspecified atom stereocenters. The van der Waals surface area contributed by atoms with E-state index in [2.05, 4.69) is 15.8 Å². The molecule has 150 valence electrons. The second-order valence-electron chi connectivity index (χ2n) is 7.06. The zero-order chi connectivity index (χ0) is 21.3. The minimum Gasteiger partial charge on any atom is -0.326 e. The van der Waals surface area contributed by atoms with Crippen LogP contribution in [0.25, 0.3) is 10.8 Å². The van der Waals surface area contributed by atoms with Crippen LogP contribution < -0.4 is 15.6 Å². The van der Waals surface area contributed by atoms with Crippen molar-refractivity contribution in [2.24, 2.45) is 5.10 Å². The summed E-state index contributed by atoms with van der Waals surface area (Å²) in [4.78, 5) is 37.8. The first-order chi connectivity index (χ1) is 14.4. The number of nitrogens with zero attached hydrogens (tertiary/aromatic N) is 2. The van der Waals surface area contributed by atoms with Crippen LogP contribution in [0.1, 0.15) is 29.8 Å². The first-order valence-corrected chi connectivity index (χ1v) is 9.49. The summed E-state index contributed by atoms with van der Waals surface area (Å²) in [6, 6.07) is 18.4. The monoisotopic (exact) mass is 400 g/mol. The van der Waals surface area contributed by atoms with Gasteiger partial charge in [-0.05, 0) is 42.1 Å². The standard InChI is InChI=1S/C23H20N4O3/c1-14(16-9-11-18(12-10-16)24-15(2)28)25-26-21(29)13-27-20-8-4-6-17-5-3-7-19(22(17)20)23(27)30/h3-12H,13H2,1-2H3,(H,24,28)(H,26,29)/b25-14-. The lowest BCUT2D eigenvalue weighted by atomic mass is 10.1. The van der Waals surface area contributed by atoms with Crippen molar-refractivity contribution in [2.75, 3.05) is 16.8 Å². The molecule has 3 aromatic carbocycles. The minimum absolute atomic E-state index is 0.120. The molecule has 3 amide bonds. The molecule has 0 saturated heterocycles. The van der Waals surface area contributed by atoms with E-state index >= 15 is 0 Å². The molecule has 0 bridgehead atoms. The fourth-order valence-corrected chi connectivity index (χ4v) is 3.52. The minimum atomic E-state index is -0.387. The van der Waals surface area contributed by atoms with E-state index in [1.54, 1.807) is 37.3 Å². The normalized spacial score (nSPS) is 12.9. The number of hydrogen-bond acceptors (Lipinski definition) is 4. The molecular weight excluding hydrogens is 380 g/mol. The van der Waals surface area contributed by atoms with Crippen LogP contribution in [0, 0.1) is 0 Å². The maximum absolute atomic E-state index is 12.8. The van der Waals surface area contributed by atoms with Crippen molar-refractivity contribution in [1.29, 1.82) is 0 Å². The number of hydrogen-bond donors (Lipinski definition) is 2. The van der Waals surface area contributed by atoms with Crippen LogP contribution >= 0.6 is 0 Å². The van der Waals surface area contributed by atoms with Crippen molar-refractivity contribution < 1.29 is 14.4 Å². The SMILES string of the molecule is CC(=O)Nc1ccc(/C(C)=N\NC(=O)CN2C(=O)c3cccc4cccc2c34)cc1. The number of carbonyl (C=O) groups is 3. The van der Waals surface area contributed by atoms with Gasteiger partial charge in [-0.15, -0.1) is 0 Å². The molecule has 0 aromatic heterocycles. The molecule has 1 heterocycles. The zero-order valence-corrected chi connectivity index (χ0v) is 16.6. The second kappa shape index (κ2) is 7.79. The Bertz CT molecular complexity index is 1190. The summed E-state index contributed by atoms with van der Waals surface area (Å²) < 4.78 is 0. The Morgan fingerprint density at radius 1 is 0.967 bits per heavy atom. The maximum Gasteiger partial charge on any atom is 0.260 e. The molecule has 1 aliphatic heterocycles. The van der Waals surface area contributed by atoms with E-state index in [4.69, 9.17) is 0 Å². The molecular formula is C23H20N4O3. The van der Waals surface area contributed by atoms with Gasteiger partial charge in [0.25, 0.3) is 11.8 Å². The molecule has 0 spiro atoms. The molecule has 3 aromatic rings. The summed E-state index contributed by atoms with van der Waals surface area (Å²) in [5, 5.41) is 8.68. The Kier molecular flexibility index (Phi) is 5.02. The highest BCUT2D eigenvalue weighted by Gasteiger charge is 2.30. The van der Waals surface area contributed by atoms with Gasteiger partial charge in [0.2, 0.25) is 5.91 Å². The van der Waals surface area contributed by atoms with E-state index in [0.29, 0.717) is 17.0 Å². The predicted molar refractivity (Wildman–Crippen MR) is 117 cm³/mol. The lowest BCUT2D eigenvalue weighted by molar-refractivity contribution is -0.119. The maximum atomic E-state index is 12.8. The highest BCUT2D eigenvalue weighted by molar-refractivity contribution is 6.26. The van der Waals surface area contributed by atoms with Crippen LogP contribution in [0.2, 0.25) is 0 Å². The van der Waals surface area contributed by atoms with E-state index in [1.165, 1.54) is 11.8 Å². The topological polar surface area (TPSA) is 90.9 Å². The molecule has 7 heteroatoms. The van der Waals surface area contributed by atoms with Crippen molar-refractivity contribution in [2.45, 2.75) is 13.8 Å². The number of benzene rings is 3. The summed E-state index contributed by atoms with van der Waals surface area (Å²) >= 11 is 0. The van der Waals surface area contributed by atoms with Gasteiger partial charge in [-0.25, -0.2) is 5.43 Å². The number of nitrogens with one attached hydrogen (secondary N) is 2. The Labute approximate surface area is 173 Å². The lowest BCUT2D eigenvalue weighted by Gasteiger charge is -2.16. The van der Waals surface area contributed by atoms with Gasteiger partial charge in [0.15, 0.2) is 0 Å².